The Morgan fingerprint density at radius 1 is 1.45 bits per heavy atom. The van der Waals surface area contributed by atoms with Crippen LogP contribution in [0.2, 0.25) is 5.02 Å². The van der Waals surface area contributed by atoms with E-state index in [0.29, 0.717) is 9.50 Å². The fraction of sp³-hybridized carbons (Fsp3) is 0.467. The van der Waals surface area contributed by atoms with E-state index in [1.807, 2.05) is 18.2 Å². The Bertz CT molecular complexity index is 475. The summed E-state index contributed by atoms with van der Waals surface area (Å²) in [5.41, 5.74) is 0.935. The van der Waals surface area contributed by atoms with Crippen molar-refractivity contribution >= 4 is 27.5 Å². The van der Waals surface area contributed by atoms with Crippen LogP contribution in [-0.2, 0) is 0 Å². The van der Waals surface area contributed by atoms with E-state index in [2.05, 4.69) is 32.7 Å². The molecule has 1 aliphatic heterocycles. The number of halogens is 2. The molecule has 1 atom stereocenters. The van der Waals surface area contributed by atoms with Crippen LogP contribution in [0.25, 0.3) is 0 Å². The topological polar surface area (TPSA) is 35.5 Å². The fourth-order valence-electron chi connectivity index (χ4n) is 2.63. The molecule has 2 rings (SSSR count). The summed E-state index contributed by atoms with van der Waals surface area (Å²) in [6.45, 7) is 7.75. The second kappa shape index (κ2) is 7.46. The Hall–Kier alpha value is -0.550. The van der Waals surface area contributed by atoms with Crippen LogP contribution in [0.15, 0.2) is 29.3 Å². The summed E-state index contributed by atoms with van der Waals surface area (Å²) >= 11 is 9.39. The lowest BCUT2D eigenvalue weighted by Gasteiger charge is -2.35. The van der Waals surface area contributed by atoms with E-state index in [-0.39, 0.29) is 11.8 Å². The molecular weight excluding hydrogens is 340 g/mol. The number of hydrogen-bond donors (Lipinski definition) is 2. The molecule has 0 saturated carbocycles. The van der Waals surface area contributed by atoms with E-state index in [1.165, 1.54) is 0 Å². The Labute approximate surface area is 133 Å². The number of allylic oxidation sites excluding steroid dienone is 1. The molecule has 3 nitrogen and oxygen atoms in total. The third-order valence-corrected chi connectivity index (χ3v) is 5.04. The van der Waals surface area contributed by atoms with Gasteiger partial charge >= 0.3 is 0 Å². The van der Waals surface area contributed by atoms with Gasteiger partial charge in [0.25, 0.3) is 0 Å². The van der Waals surface area contributed by atoms with Gasteiger partial charge in [-0.3, -0.25) is 4.90 Å². The molecule has 0 unspecified atom stereocenters. The number of nitrogens with zero attached hydrogens (tertiary/aromatic N) is 1. The summed E-state index contributed by atoms with van der Waals surface area (Å²) in [5.74, 6) is 0.255. The van der Waals surface area contributed by atoms with Crippen LogP contribution < -0.4 is 5.32 Å². The quantitative estimate of drug-likeness (QED) is 0.787. The molecule has 0 spiro atoms. The van der Waals surface area contributed by atoms with Crippen LogP contribution in [0.3, 0.4) is 0 Å². The first-order valence-corrected chi connectivity index (χ1v) is 8.04. The second-order valence-electron chi connectivity index (χ2n) is 4.97. The predicted molar refractivity (Wildman–Crippen MR) is 87.4 cm³/mol. The number of benzene rings is 1. The summed E-state index contributed by atoms with van der Waals surface area (Å²) in [4.78, 5) is 2.41. The zero-order chi connectivity index (χ0) is 14.5. The second-order valence-corrected chi connectivity index (χ2v) is 6.17. The highest BCUT2D eigenvalue weighted by molar-refractivity contribution is 9.10. The summed E-state index contributed by atoms with van der Waals surface area (Å²) in [5, 5.41) is 14.3. The molecular formula is C15H20BrClN2O. The molecule has 20 heavy (non-hydrogen) atoms. The van der Waals surface area contributed by atoms with E-state index >= 15 is 0 Å². The van der Waals surface area contributed by atoms with Crippen molar-refractivity contribution in [2.45, 2.75) is 18.9 Å². The van der Waals surface area contributed by atoms with Gasteiger partial charge in [0.15, 0.2) is 0 Å². The van der Waals surface area contributed by atoms with Crippen molar-refractivity contribution in [3.63, 3.8) is 0 Å². The van der Waals surface area contributed by atoms with Gasteiger partial charge in [-0.2, -0.15) is 0 Å². The standard InChI is InChI=1S/C15H20BrClN2O/c1-2-3-4-13(19-9-7-18-8-10-19)11-5-6-12(17)14(16)15(11)20/h2,5-6,13,18,20H,1,3-4,7-10H2/t13-/m1/s1. The molecule has 1 fully saturated rings. The van der Waals surface area contributed by atoms with Gasteiger partial charge in [-0.05, 0) is 34.8 Å². The maximum atomic E-state index is 10.4. The third-order valence-electron chi connectivity index (χ3n) is 3.70. The highest BCUT2D eigenvalue weighted by Crippen LogP contribution is 2.40. The average Bonchev–Trinajstić information content (AvgIpc) is 2.48. The minimum absolute atomic E-state index is 0.198. The highest BCUT2D eigenvalue weighted by atomic mass is 79.9. The van der Waals surface area contributed by atoms with Crippen molar-refractivity contribution < 1.29 is 5.11 Å². The molecule has 1 saturated heterocycles. The van der Waals surface area contributed by atoms with Crippen LogP contribution in [0, 0.1) is 0 Å². The summed E-state index contributed by atoms with van der Waals surface area (Å²) in [6.07, 6.45) is 3.80. The molecule has 5 heteroatoms. The van der Waals surface area contributed by atoms with Crippen molar-refractivity contribution in [2.75, 3.05) is 26.2 Å². The van der Waals surface area contributed by atoms with Gasteiger partial charge in [0.1, 0.15) is 5.75 Å². The van der Waals surface area contributed by atoms with Crippen molar-refractivity contribution in [3.8, 4) is 5.75 Å². The number of nitrogens with one attached hydrogen (secondary N) is 1. The van der Waals surface area contributed by atoms with Crippen molar-refractivity contribution in [3.05, 3.63) is 39.8 Å². The molecule has 0 aromatic heterocycles. The number of phenols is 1. The van der Waals surface area contributed by atoms with Gasteiger partial charge in [0.2, 0.25) is 0 Å². The zero-order valence-electron chi connectivity index (χ0n) is 11.4. The van der Waals surface area contributed by atoms with E-state index in [4.69, 9.17) is 11.6 Å². The molecule has 0 amide bonds. The largest absolute Gasteiger partial charge is 0.506 e. The first kappa shape index (κ1) is 15.8. The van der Waals surface area contributed by atoms with Gasteiger partial charge < -0.3 is 10.4 Å². The zero-order valence-corrected chi connectivity index (χ0v) is 13.8. The SMILES string of the molecule is C=CCC[C@H](c1ccc(Cl)c(Br)c1O)N1CCNCC1. The van der Waals surface area contributed by atoms with E-state index in [1.54, 1.807) is 0 Å². The highest BCUT2D eigenvalue weighted by Gasteiger charge is 2.25. The van der Waals surface area contributed by atoms with Crippen molar-refractivity contribution in [2.24, 2.45) is 0 Å². The predicted octanol–water partition coefficient (Wildman–Crippen LogP) is 3.72. The van der Waals surface area contributed by atoms with Gasteiger partial charge in [-0.15, -0.1) is 6.58 Å². The molecule has 2 N–H and O–H groups in total. The van der Waals surface area contributed by atoms with Gasteiger partial charge in [0, 0.05) is 37.8 Å². The Morgan fingerprint density at radius 3 is 2.80 bits per heavy atom. The number of phenolic OH excluding ortho intramolecular Hbond substituents is 1. The molecule has 1 aliphatic rings. The van der Waals surface area contributed by atoms with Gasteiger partial charge in [-0.25, -0.2) is 0 Å². The molecule has 1 aromatic rings. The molecule has 0 bridgehead atoms. The van der Waals surface area contributed by atoms with Crippen LogP contribution in [0.4, 0.5) is 0 Å². The number of hydrogen-bond acceptors (Lipinski definition) is 3. The lowest BCUT2D eigenvalue weighted by molar-refractivity contribution is 0.163. The average molecular weight is 360 g/mol. The minimum atomic E-state index is 0.198. The Kier molecular flexibility index (Phi) is 5.90. The third kappa shape index (κ3) is 3.55. The van der Waals surface area contributed by atoms with Gasteiger partial charge in [0.05, 0.1) is 9.50 Å². The molecule has 1 aromatic carbocycles. The maximum Gasteiger partial charge on any atom is 0.136 e. The molecule has 0 aliphatic carbocycles. The lowest BCUT2D eigenvalue weighted by Crippen LogP contribution is -2.45. The first-order chi connectivity index (χ1) is 9.65. The number of aromatic hydroxyl groups is 1. The van der Waals surface area contributed by atoms with Crippen LogP contribution in [0.5, 0.6) is 5.75 Å². The van der Waals surface area contributed by atoms with Crippen LogP contribution in [0.1, 0.15) is 24.4 Å². The maximum absolute atomic E-state index is 10.4. The lowest BCUT2D eigenvalue weighted by atomic mass is 9.98. The summed E-state index contributed by atoms with van der Waals surface area (Å²) in [6, 6.07) is 3.96. The Balaban J connectivity index is 2.29. The fourth-order valence-corrected chi connectivity index (χ4v) is 3.14. The number of piperazine rings is 1. The monoisotopic (exact) mass is 358 g/mol. The van der Waals surface area contributed by atoms with Crippen molar-refractivity contribution in [1.82, 2.24) is 10.2 Å². The van der Waals surface area contributed by atoms with E-state index < -0.39 is 0 Å². The Morgan fingerprint density at radius 2 is 2.15 bits per heavy atom. The summed E-state index contributed by atoms with van der Waals surface area (Å²) < 4.78 is 0.579. The van der Waals surface area contributed by atoms with E-state index in [0.717, 1.165) is 44.6 Å². The first-order valence-electron chi connectivity index (χ1n) is 6.87. The molecule has 0 radical (unpaired) electrons. The van der Waals surface area contributed by atoms with Gasteiger partial charge in [-0.1, -0.05) is 23.7 Å². The van der Waals surface area contributed by atoms with E-state index in [9.17, 15) is 5.11 Å². The smallest absolute Gasteiger partial charge is 0.136 e. The molecule has 1 heterocycles. The van der Waals surface area contributed by atoms with Crippen molar-refractivity contribution in [1.29, 1.82) is 0 Å². The molecule has 110 valence electrons. The summed E-state index contributed by atoms with van der Waals surface area (Å²) in [7, 11) is 0. The van der Waals surface area contributed by atoms with Crippen LogP contribution in [-0.4, -0.2) is 36.2 Å². The normalized spacial score (nSPS) is 17.9. The minimum Gasteiger partial charge on any atom is -0.506 e. The van der Waals surface area contributed by atoms with Crippen LogP contribution >= 0.6 is 27.5 Å². The number of rotatable bonds is 5.